The SMILES string of the molecule is CCCC(N)CC(=O)Nc1ccc(NC(=O)CC)cc1. The molecule has 2 amide bonds. The van der Waals surface area contributed by atoms with Crippen molar-refractivity contribution in [3.63, 3.8) is 0 Å². The predicted molar refractivity (Wildman–Crippen MR) is 81.5 cm³/mol. The lowest BCUT2D eigenvalue weighted by Gasteiger charge is -2.11. The van der Waals surface area contributed by atoms with Gasteiger partial charge in [0.15, 0.2) is 0 Å². The molecule has 1 atom stereocenters. The molecule has 20 heavy (non-hydrogen) atoms. The van der Waals surface area contributed by atoms with E-state index in [4.69, 9.17) is 5.73 Å². The molecule has 0 aliphatic rings. The average molecular weight is 277 g/mol. The number of nitrogens with one attached hydrogen (secondary N) is 2. The Morgan fingerprint density at radius 2 is 1.55 bits per heavy atom. The van der Waals surface area contributed by atoms with E-state index >= 15 is 0 Å². The van der Waals surface area contributed by atoms with Crippen LogP contribution in [-0.4, -0.2) is 17.9 Å². The fraction of sp³-hybridized carbons (Fsp3) is 0.467. The van der Waals surface area contributed by atoms with E-state index in [0.29, 0.717) is 18.5 Å². The molecular weight excluding hydrogens is 254 g/mol. The molecule has 4 N–H and O–H groups in total. The zero-order valence-corrected chi connectivity index (χ0v) is 12.1. The zero-order chi connectivity index (χ0) is 15.0. The molecule has 5 heteroatoms. The molecule has 0 spiro atoms. The number of benzene rings is 1. The van der Waals surface area contributed by atoms with Gasteiger partial charge in [0, 0.05) is 30.3 Å². The number of carbonyl (C=O) groups excluding carboxylic acids is 2. The monoisotopic (exact) mass is 277 g/mol. The van der Waals surface area contributed by atoms with Crippen LogP contribution in [0, 0.1) is 0 Å². The maximum atomic E-state index is 11.7. The minimum Gasteiger partial charge on any atom is -0.327 e. The molecule has 0 saturated carbocycles. The van der Waals surface area contributed by atoms with Crippen molar-refractivity contribution >= 4 is 23.2 Å². The summed E-state index contributed by atoms with van der Waals surface area (Å²) >= 11 is 0. The molecule has 0 radical (unpaired) electrons. The lowest BCUT2D eigenvalue weighted by Crippen LogP contribution is -2.26. The van der Waals surface area contributed by atoms with Gasteiger partial charge in [-0.1, -0.05) is 20.3 Å². The van der Waals surface area contributed by atoms with E-state index in [2.05, 4.69) is 10.6 Å². The largest absolute Gasteiger partial charge is 0.327 e. The number of nitrogens with two attached hydrogens (primary N) is 1. The second-order valence-electron chi connectivity index (χ2n) is 4.78. The molecule has 0 aromatic heterocycles. The molecule has 1 rings (SSSR count). The van der Waals surface area contributed by atoms with E-state index in [1.807, 2.05) is 6.92 Å². The van der Waals surface area contributed by atoms with Crippen molar-refractivity contribution in [2.24, 2.45) is 5.73 Å². The Hall–Kier alpha value is -1.88. The lowest BCUT2D eigenvalue weighted by atomic mass is 10.1. The Morgan fingerprint density at radius 1 is 1.05 bits per heavy atom. The first kappa shape index (κ1) is 16.2. The van der Waals surface area contributed by atoms with Crippen LogP contribution in [0.25, 0.3) is 0 Å². The fourth-order valence-electron chi connectivity index (χ4n) is 1.81. The summed E-state index contributed by atoms with van der Waals surface area (Å²) in [6.07, 6.45) is 2.58. The van der Waals surface area contributed by atoms with Crippen molar-refractivity contribution < 1.29 is 9.59 Å². The van der Waals surface area contributed by atoms with Crippen LogP contribution in [0.3, 0.4) is 0 Å². The van der Waals surface area contributed by atoms with Gasteiger partial charge < -0.3 is 16.4 Å². The van der Waals surface area contributed by atoms with Gasteiger partial charge >= 0.3 is 0 Å². The summed E-state index contributed by atoms with van der Waals surface area (Å²) in [7, 11) is 0. The molecule has 0 heterocycles. The molecule has 1 aromatic rings. The minimum atomic E-state index is -0.0943. The van der Waals surface area contributed by atoms with Crippen LogP contribution in [0.4, 0.5) is 11.4 Å². The Labute approximate surface area is 119 Å². The van der Waals surface area contributed by atoms with Gasteiger partial charge in [0.05, 0.1) is 0 Å². The molecule has 5 nitrogen and oxygen atoms in total. The molecule has 0 bridgehead atoms. The highest BCUT2D eigenvalue weighted by Crippen LogP contribution is 2.14. The van der Waals surface area contributed by atoms with Gasteiger partial charge in [0.1, 0.15) is 0 Å². The van der Waals surface area contributed by atoms with Crippen LogP contribution in [0.5, 0.6) is 0 Å². The summed E-state index contributed by atoms with van der Waals surface area (Å²) in [6, 6.07) is 6.94. The van der Waals surface area contributed by atoms with E-state index in [-0.39, 0.29) is 17.9 Å². The normalized spacial score (nSPS) is 11.8. The van der Waals surface area contributed by atoms with Gasteiger partial charge in [0.25, 0.3) is 0 Å². The van der Waals surface area contributed by atoms with Gasteiger partial charge in [-0.05, 0) is 30.7 Å². The highest BCUT2D eigenvalue weighted by molar-refractivity contribution is 5.93. The van der Waals surface area contributed by atoms with Gasteiger partial charge in [-0.25, -0.2) is 0 Å². The molecule has 1 aromatic carbocycles. The average Bonchev–Trinajstić information content (AvgIpc) is 2.41. The second kappa shape index (κ2) is 8.32. The quantitative estimate of drug-likeness (QED) is 0.716. The zero-order valence-electron chi connectivity index (χ0n) is 12.1. The third-order valence-corrected chi connectivity index (χ3v) is 2.88. The third kappa shape index (κ3) is 5.84. The number of amides is 2. The summed E-state index contributed by atoms with van der Waals surface area (Å²) in [5.41, 5.74) is 7.25. The summed E-state index contributed by atoms with van der Waals surface area (Å²) in [5, 5.41) is 5.54. The molecule has 0 aliphatic carbocycles. The minimum absolute atomic E-state index is 0.0349. The van der Waals surface area contributed by atoms with Crippen LogP contribution >= 0.6 is 0 Å². The molecule has 1 unspecified atom stereocenters. The van der Waals surface area contributed by atoms with Crippen molar-refractivity contribution in [1.82, 2.24) is 0 Å². The van der Waals surface area contributed by atoms with Crippen molar-refractivity contribution in [3.05, 3.63) is 24.3 Å². The molecule has 0 aliphatic heterocycles. The molecule has 0 fully saturated rings. The molecular formula is C15H23N3O2. The summed E-state index contributed by atoms with van der Waals surface area (Å²) in [4.78, 5) is 23.0. The first-order valence-corrected chi connectivity index (χ1v) is 7.00. The van der Waals surface area contributed by atoms with Crippen molar-refractivity contribution in [1.29, 1.82) is 0 Å². The number of rotatable bonds is 7. The smallest absolute Gasteiger partial charge is 0.225 e. The van der Waals surface area contributed by atoms with Gasteiger partial charge in [0.2, 0.25) is 11.8 Å². The van der Waals surface area contributed by atoms with E-state index in [0.717, 1.165) is 18.5 Å². The summed E-state index contributed by atoms with van der Waals surface area (Å²) < 4.78 is 0. The Bertz CT molecular complexity index is 443. The topological polar surface area (TPSA) is 84.2 Å². The van der Waals surface area contributed by atoms with Crippen LogP contribution in [0.1, 0.15) is 39.5 Å². The Morgan fingerprint density at radius 3 is 2.00 bits per heavy atom. The highest BCUT2D eigenvalue weighted by atomic mass is 16.2. The fourth-order valence-corrected chi connectivity index (χ4v) is 1.81. The third-order valence-electron chi connectivity index (χ3n) is 2.88. The first-order valence-electron chi connectivity index (χ1n) is 7.00. The molecule has 110 valence electrons. The van der Waals surface area contributed by atoms with Crippen LogP contribution in [0.2, 0.25) is 0 Å². The predicted octanol–water partition coefficient (Wildman–Crippen LogP) is 2.49. The summed E-state index contributed by atoms with van der Waals surface area (Å²) in [6.45, 7) is 3.84. The summed E-state index contributed by atoms with van der Waals surface area (Å²) in [5.74, 6) is -0.122. The van der Waals surface area contributed by atoms with Gasteiger partial charge in [-0.2, -0.15) is 0 Å². The maximum absolute atomic E-state index is 11.7. The van der Waals surface area contributed by atoms with Crippen molar-refractivity contribution in [2.45, 2.75) is 45.6 Å². The van der Waals surface area contributed by atoms with E-state index in [1.165, 1.54) is 0 Å². The van der Waals surface area contributed by atoms with Crippen molar-refractivity contribution in [3.8, 4) is 0 Å². The van der Waals surface area contributed by atoms with E-state index in [1.54, 1.807) is 31.2 Å². The standard InChI is InChI=1S/C15H23N3O2/c1-3-5-11(16)10-15(20)18-13-8-6-12(7-9-13)17-14(19)4-2/h6-9,11H,3-5,10,16H2,1-2H3,(H,17,19)(H,18,20). The number of carbonyl (C=O) groups is 2. The van der Waals surface area contributed by atoms with Crippen molar-refractivity contribution in [2.75, 3.05) is 10.6 Å². The van der Waals surface area contributed by atoms with E-state index < -0.39 is 0 Å². The Balaban J connectivity index is 2.48. The van der Waals surface area contributed by atoms with Crippen LogP contribution in [0.15, 0.2) is 24.3 Å². The second-order valence-corrected chi connectivity index (χ2v) is 4.78. The van der Waals surface area contributed by atoms with Gasteiger partial charge in [-0.15, -0.1) is 0 Å². The highest BCUT2D eigenvalue weighted by Gasteiger charge is 2.09. The number of hydrogen-bond acceptors (Lipinski definition) is 3. The van der Waals surface area contributed by atoms with Crippen LogP contribution in [-0.2, 0) is 9.59 Å². The van der Waals surface area contributed by atoms with E-state index in [9.17, 15) is 9.59 Å². The maximum Gasteiger partial charge on any atom is 0.225 e. The van der Waals surface area contributed by atoms with Gasteiger partial charge in [-0.3, -0.25) is 9.59 Å². The number of anilines is 2. The lowest BCUT2D eigenvalue weighted by molar-refractivity contribution is -0.117. The molecule has 0 saturated heterocycles. The Kier molecular flexibility index (Phi) is 6.73. The van der Waals surface area contributed by atoms with Crippen LogP contribution < -0.4 is 16.4 Å². The number of hydrogen-bond donors (Lipinski definition) is 3. The first-order chi connectivity index (χ1) is 9.55.